The Morgan fingerprint density at radius 3 is 2.80 bits per heavy atom. The number of carbonyl (C=O) groups excluding carboxylic acids is 1. The quantitative estimate of drug-likeness (QED) is 0.732. The van der Waals surface area contributed by atoms with E-state index in [9.17, 15) is 9.18 Å². The number of amides is 1. The number of hydrogen-bond acceptors (Lipinski definition) is 6. The van der Waals surface area contributed by atoms with E-state index in [2.05, 4.69) is 25.6 Å². The van der Waals surface area contributed by atoms with Gasteiger partial charge in [-0.2, -0.15) is 5.21 Å². The van der Waals surface area contributed by atoms with Crippen LogP contribution >= 0.6 is 0 Å². The number of nitrogens with one attached hydrogen (secondary N) is 1. The zero-order valence-corrected chi connectivity index (χ0v) is 13.8. The Morgan fingerprint density at radius 2 is 2.12 bits per heavy atom. The minimum absolute atomic E-state index is 0.0419. The van der Waals surface area contributed by atoms with Crippen LogP contribution in [0.4, 0.5) is 4.39 Å². The van der Waals surface area contributed by atoms with E-state index in [0.717, 1.165) is 0 Å². The number of benzene rings is 1. The van der Waals surface area contributed by atoms with Gasteiger partial charge in [-0.3, -0.25) is 4.79 Å². The van der Waals surface area contributed by atoms with Crippen LogP contribution in [0.3, 0.4) is 0 Å². The van der Waals surface area contributed by atoms with Crippen LogP contribution in [0.15, 0.2) is 34.9 Å². The number of halogens is 1. The third-order valence-corrected chi connectivity index (χ3v) is 3.75. The van der Waals surface area contributed by atoms with E-state index in [1.54, 1.807) is 24.1 Å². The molecule has 3 aromatic rings. The summed E-state index contributed by atoms with van der Waals surface area (Å²) in [6.45, 7) is 2.37. The van der Waals surface area contributed by atoms with Crippen molar-refractivity contribution in [2.45, 2.75) is 19.3 Å². The zero-order chi connectivity index (χ0) is 17.8. The molecule has 130 valence electrons. The predicted molar refractivity (Wildman–Crippen MR) is 85.8 cm³/mol. The first-order valence-electron chi connectivity index (χ1n) is 7.70. The van der Waals surface area contributed by atoms with E-state index in [1.165, 1.54) is 18.4 Å². The average molecular weight is 344 g/mol. The van der Waals surface area contributed by atoms with Gasteiger partial charge in [0.15, 0.2) is 5.82 Å². The molecule has 0 unspecified atom stereocenters. The van der Waals surface area contributed by atoms with Crippen molar-refractivity contribution in [3.05, 3.63) is 47.9 Å². The van der Waals surface area contributed by atoms with Crippen molar-refractivity contribution in [2.75, 3.05) is 13.6 Å². The van der Waals surface area contributed by atoms with Crippen LogP contribution < -0.4 is 0 Å². The van der Waals surface area contributed by atoms with Gasteiger partial charge in [0.2, 0.25) is 11.8 Å². The number of oxazole rings is 1. The molecule has 0 aliphatic heterocycles. The molecule has 2 heterocycles. The summed E-state index contributed by atoms with van der Waals surface area (Å²) < 4.78 is 18.3. The van der Waals surface area contributed by atoms with Gasteiger partial charge in [0.1, 0.15) is 12.1 Å². The van der Waals surface area contributed by atoms with E-state index in [4.69, 9.17) is 4.42 Å². The highest BCUT2D eigenvalue weighted by Crippen LogP contribution is 2.19. The Labute approximate surface area is 143 Å². The summed E-state index contributed by atoms with van der Waals surface area (Å²) >= 11 is 0. The molecule has 0 bridgehead atoms. The molecule has 0 aliphatic carbocycles. The Balaban J connectivity index is 1.60. The summed E-state index contributed by atoms with van der Waals surface area (Å²) in [6.07, 6.45) is 1.55. The lowest BCUT2D eigenvalue weighted by Gasteiger charge is -2.19. The molecule has 0 aliphatic rings. The maximum absolute atomic E-state index is 13.0. The van der Waals surface area contributed by atoms with Gasteiger partial charge in [-0.25, -0.2) is 9.37 Å². The summed E-state index contributed by atoms with van der Waals surface area (Å²) in [5.74, 6) is 0.433. The molecule has 2 aromatic heterocycles. The number of likely N-dealkylation sites (N-methyl/N-ethyl adjacent to an activating group) is 1. The van der Waals surface area contributed by atoms with Crippen molar-refractivity contribution in [2.24, 2.45) is 0 Å². The van der Waals surface area contributed by atoms with E-state index >= 15 is 0 Å². The highest BCUT2D eigenvalue weighted by molar-refractivity contribution is 5.78. The van der Waals surface area contributed by atoms with Crippen LogP contribution in [-0.4, -0.2) is 50.0 Å². The molecule has 8 nitrogen and oxygen atoms in total. The molecular weight excluding hydrogens is 327 g/mol. The first-order valence-corrected chi connectivity index (χ1v) is 7.70. The highest BCUT2D eigenvalue weighted by atomic mass is 19.1. The topological polar surface area (TPSA) is 101 Å². The van der Waals surface area contributed by atoms with Crippen LogP contribution in [0, 0.1) is 5.82 Å². The molecule has 25 heavy (non-hydrogen) atoms. The Kier molecular flexibility index (Phi) is 4.82. The van der Waals surface area contributed by atoms with Gasteiger partial charge in [-0.15, -0.1) is 10.2 Å². The lowest BCUT2D eigenvalue weighted by molar-refractivity contribution is -0.129. The smallest absolute Gasteiger partial charge is 0.228 e. The molecule has 0 spiro atoms. The Hall–Kier alpha value is -3.10. The summed E-state index contributed by atoms with van der Waals surface area (Å²) in [4.78, 5) is 18.2. The van der Waals surface area contributed by atoms with Gasteiger partial charge in [-0.1, -0.05) is 12.1 Å². The summed E-state index contributed by atoms with van der Waals surface area (Å²) in [6, 6.07) is 5.81. The van der Waals surface area contributed by atoms with Gasteiger partial charge in [0.05, 0.1) is 12.1 Å². The number of tetrazole rings is 1. The Morgan fingerprint density at radius 1 is 1.36 bits per heavy atom. The first-order chi connectivity index (χ1) is 12.0. The minimum atomic E-state index is -0.331. The molecule has 1 amide bonds. The normalized spacial score (nSPS) is 12.1. The fraction of sp³-hybridized carbons (Fsp3) is 0.312. The van der Waals surface area contributed by atoms with Crippen molar-refractivity contribution in [3.63, 3.8) is 0 Å². The predicted octanol–water partition coefficient (Wildman–Crippen LogP) is 1.80. The monoisotopic (exact) mass is 344 g/mol. The molecule has 1 N–H and O–H groups in total. The van der Waals surface area contributed by atoms with Crippen LogP contribution in [0.2, 0.25) is 0 Å². The molecule has 0 radical (unpaired) electrons. The standard InChI is InChI=1S/C16H17FN6O2/c1-10(15-19-21-22-20-15)8-23(2)14(24)7-13-9-25-16(18-13)11-3-5-12(17)6-4-11/h3-6,9-10H,7-8H2,1-2H3,(H,19,20,21,22)/t10-/m0/s1. The van der Waals surface area contributed by atoms with Gasteiger partial charge < -0.3 is 9.32 Å². The average Bonchev–Trinajstić information content (AvgIpc) is 3.27. The number of aromatic amines is 1. The van der Waals surface area contributed by atoms with Crippen molar-refractivity contribution in [3.8, 4) is 11.5 Å². The van der Waals surface area contributed by atoms with Crippen LogP contribution in [-0.2, 0) is 11.2 Å². The van der Waals surface area contributed by atoms with Crippen LogP contribution in [0.5, 0.6) is 0 Å². The van der Waals surface area contributed by atoms with Gasteiger partial charge in [0, 0.05) is 25.1 Å². The lowest BCUT2D eigenvalue weighted by Crippen LogP contribution is -2.32. The maximum Gasteiger partial charge on any atom is 0.228 e. The third kappa shape index (κ3) is 4.06. The minimum Gasteiger partial charge on any atom is -0.444 e. The largest absolute Gasteiger partial charge is 0.444 e. The number of rotatable bonds is 6. The highest BCUT2D eigenvalue weighted by Gasteiger charge is 2.18. The van der Waals surface area contributed by atoms with Gasteiger partial charge in [0.25, 0.3) is 0 Å². The van der Waals surface area contributed by atoms with Gasteiger partial charge in [-0.05, 0) is 24.3 Å². The molecule has 0 saturated carbocycles. The molecule has 1 atom stereocenters. The molecule has 1 aromatic carbocycles. The fourth-order valence-electron chi connectivity index (χ4n) is 2.38. The molecule has 0 fully saturated rings. The molecular formula is C16H17FN6O2. The summed E-state index contributed by atoms with van der Waals surface area (Å²) in [7, 11) is 1.71. The van der Waals surface area contributed by atoms with E-state index < -0.39 is 0 Å². The second-order valence-electron chi connectivity index (χ2n) is 5.77. The van der Waals surface area contributed by atoms with Gasteiger partial charge >= 0.3 is 0 Å². The number of aromatic nitrogens is 5. The number of hydrogen-bond donors (Lipinski definition) is 1. The zero-order valence-electron chi connectivity index (χ0n) is 13.8. The molecule has 9 heteroatoms. The van der Waals surface area contributed by atoms with E-state index in [-0.39, 0.29) is 24.1 Å². The third-order valence-electron chi connectivity index (χ3n) is 3.75. The number of nitrogens with zero attached hydrogens (tertiary/aromatic N) is 5. The van der Waals surface area contributed by atoms with Crippen molar-refractivity contribution >= 4 is 5.91 Å². The Bertz CT molecular complexity index is 831. The fourth-order valence-corrected chi connectivity index (χ4v) is 2.38. The maximum atomic E-state index is 13.0. The molecule has 0 saturated heterocycles. The summed E-state index contributed by atoms with van der Waals surface area (Å²) in [5.41, 5.74) is 1.17. The first kappa shape index (κ1) is 16.7. The lowest BCUT2D eigenvalue weighted by atomic mass is 10.1. The van der Waals surface area contributed by atoms with Crippen molar-refractivity contribution in [1.29, 1.82) is 0 Å². The van der Waals surface area contributed by atoms with Crippen molar-refractivity contribution in [1.82, 2.24) is 30.5 Å². The summed E-state index contributed by atoms with van der Waals surface area (Å²) in [5, 5.41) is 13.7. The van der Waals surface area contributed by atoms with E-state index in [0.29, 0.717) is 29.5 Å². The van der Waals surface area contributed by atoms with Crippen molar-refractivity contribution < 1.29 is 13.6 Å². The second-order valence-corrected chi connectivity index (χ2v) is 5.77. The SMILES string of the molecule is C[C@@H](CN(C)C(=O)Cc1coc(-c2ccc(F)cc2)n1)c1nn[nH]n1. The van der Waals surface area contributed by atoms with E-state index in [1.807, 2.05) is 6.92 Å². The molecule has 3 rings (SSSR count). The number of H-pyrrole nitrogens is 1. The number of carbonyl (C=O) groups is 1. The van der Waals surface area contributed by atoms with Crippen LogP contribution in [0.1, 0.15) is 24.4 Å². The van der Waals surface area contributed by atoms with Crippen LogP contribution in [0.25, 0.3) is 11.5 Å². The second kappa shape index (κ2) is 7.20.